The third-order valence-corrected chi connectivity index (χ3v) is 2.77. The van der Waals surface area contributed by atoms with E-state index in [-0.39, 0.29) is 0 Å². The van der Waals surface area contributed by atoms with Crippen LogP contribution in [0.2, 0.25) is 0 Å². The Hall–Kier alpha value is -0.450. The van der Waals surface area contributed by atoms with Crippen LogP contribution in [0.15, 0.2) is 11.7 Å². The van der Waals surface area contributed by atoms with E-state index in [2.05, 4.69) is 29.2 Å². The summed E-state index contributed by atoms with van der Waals surface area (Å²) in [5.74, 6) is 0. The number of hydrogen-bond acceptors (Lipinski definition) is 4. The summed E-state index contributed by atoms with van der Waals surface area (Å²) in [4.78, 5) is 7.62. The molecular formula is C9H17N3S. The molecular weight excluding hydrogens is 182 g/mol. The maximum Gasteiger partial charge on any atom is 0.0794 e. The van der Waals surface area contributed by atoms with Crippen molar-refractivity contribution in [2.45, 2.75) is 13.5 Å². The van der Waals surface area contributed by atoms with Crippen molar-refractivity contribution in [2.75, 3.05) is 26.7 Å². The molecule has 0 radical (unpaired) electrons. The van der Waals surface area contributed by atoms with E-state index in [1.165, 1.54) is 4.88 Å². The quantitative estimate of drug-likeness (QED) is 0.697. The van der Waals surface area contributed by atoms with Crippen molar-refractivity contribution in [3.8, 4) is 0 Å². The molecule has 1 aromatic heterocycles. The summed E-state index contributed by atoms with van der Waals surface area (Å²) in [6.45, 7) is 6.38. The van der Waals surface area contributed by atoms with Crippen LogP contribution < -0.4 is 5.32 Å². The van der Waals surface area contributed by atoms with Gasteiger partial charge in [0.05, 0.1) is 5.51 Å². The van der Waals surface area contributed by atoms with Gasteiger partial charge in [-0.3, -0.25) is 4.98 Å². The maximum absolute atomic E-state index is 4.02. The molecule has 0 spiro atoms. The van der Waals surface area contributed by atoms with E-state index in [4.69, 9.17) is 0 Å². The molecule has 0 saturated heterocycles. The van der Waals surface area contributed by atoms with Crippen LogP contribution in [0.5, 0.6) is 0 Å². The Bertz CT molecular complexity index is 211. The molecule has 4 heteroatoms. The molecule has 0 bridgehead atoms. The number of aromatic nitrogens is 1. The second-order valence-corrected chi connectivity index (χ2v) is 4.01. The Morgan fingerprint density at radius 2 is 2.46 bits per heavy atom. The minimum absolute atomic E-state index is 0.947. The van der Waals surface area contributed by atoms with Crippen molar-refractivity contribution in [3.05, 3.63) is 16.6 Å². The lowest BCUT2D eigenvalue weighted by molar-refractivity contribution is 0.349. The minimum atomic E-state index is 0.947. The van der Waals surface area contributed by atoms with Crippen LogP contribution in [0.4, 0.5) is 0 Å². The predicted octanol–water partition coefficient (Wildman–Crippen LogP) is 1.18. The average Bonchev–Trinajstić information content (AvgIpc) is 2.64. The summed E-state index contributed by atoms with van der Waals surface area (Å²) >= 11 is 1.70. The van der Waals surface area contributed by atoms with E-state index in [0.29, 0.717) is 0 Å². The van der Waals surface area contributed by atoms with Crippen LogP contribution >= 0.6 is 11.3 Å². The van der Waals surface area contributed by atoms with Crippen LogP contribution in [-0.4, -0.2) is 36.6 Å². The van der Waals surface area contributed by atoms with E-state index >= 15 is 0 Å². The molecule has 0 amide bonds. The van der Waals surface area contributed by atoms with Gasteiger partial charge in [0, 0.05) is 30.7 Å². The van der Waals surface area contributed by atoms with E-state index in [1.54, 1.807) is 11.3 Å². The molecule has 0 aliphatic heterocycles. The highest BCUT2D eigenvalue weighted by atomic mass is 32.1. The van der Waals surface area contributed by atoms with Gasteiger partial charge in [0.2, 0.25) is 0 Å². The summed E-state index contributed by atoms with van der Waals surface area (Å²) < 4.78 is 0. The molecule has 0 fully saturated rings. The fourth-order valence-electron chi connectivity index (χ4n) is 0.969. The molecule has 13 heavy (non-hydrogen) atoms. The Labute approximate surface area is 83.8 Å². The van der Waals surface area contributed by atoms with Crippen LogP contribution in [0.1, 0.15) is 11.8 Å². The Morgan fingerprint density at radius 3 is 3.08 bits per heavy atom. The highest BCUT2D eigenvalue weighted by Crippen LogP contribution is 2.03. The van der Waals surface area contributed by atoms with Gasteiger partial charge in [-0.05, 0) is 13.6 Å². The first-order valence-corrected chi connectivity index (χ1v) is 5.47. The number of rotatable bonds is 6. The molecule has 74 valence electrons. The van der Waals surface area contributed by atoms with E-state index in [1.807, 2.05) is 11.7 Å². The van der Waals surface area contributed by atoms with Gasteiger partial charge in [-0.2, -0.15) is 0 Å². The second-order valence-electron chi connectivity index (χ2n) is 3.04. The van der Waals surface area contributed by atoms with Crippen LogP contribution in [0, 0.1) is 0 Å². The van der Waals surface area contributed by atoms with Gasteiger partial charge in [-0.25, -0.2) is 0 Å². The van der Waals surface area contributed by atoms with E-state index in [0.717, 1.165) is 26.2 Å². The molecule has 1 rings (SSSR count). The molecule has 0 aromatic carbocycles. The Balaban J connectivity index is 2.02. The van der Waals surface area contributed by atoms with E-state index < -0.39 is 0 Å². The lowest BCUT2D eigenvalue weighted by Crippen LogP contribution is -2.28. The summed E-state index contributed by atoms with van der Waals surface area (Å²) in [7, 11) is 2.13. The summed E-state index contributed by atoms with van der Waals surface area (Å²) in [5, 5.41) is 3.38. The molecule has 1 N–H and O–H groups in total. The molecule has 0 aliphatic rings. The van der Waals surface area contributed by atoms with E-state index in [9.17, 15) is 0 Å². The first-order chi connectivity index (χ1) is 6.33. The smallest absolute Gasteiger partial charge is 0.0794 e. The molecule has 3 nitrogen and oxygen atoms in total. The number of likely N-dealkylation sites (N-methyl/N-ethyl adjacent to an activating group) is 1. The molecule has 1 heterocycles. The highest BCUT2D eigenvalue weighted by Gasteiger charge is 1.95. The number of nitrogens with one attached hydrogen (secondary N) is 1. The second kappa shape index (κ2) is 6.07. The SMILES string of the molecule is CCN(C)CCNCc1cncs1. The predicted molar refractivity (Wildman–Crippen MR) is 57.0 cm³/mol. The van der Waals surface area contributed by atoms with Crippen molar-refractivity contribution in [1.29, 1.82) is 0 Å². The molecule has 1 aromatic rings. The highest BCUT2D eigenvalue weighted by molar-refractivity contribution is 7.09. The van der Waals surface area contributed by atoms with Gasteiger partial charge in [-0.1, -0.05) is 6.92 Å². The van der Waals surface area contributed by atoms with Crippen molar-refractivity contribution in [1.82, 2.24) is 15.2 Å². The molecule has 0 atom stereocenters. The largest absolute Gasteiger partial charge is 0.311 e. The van der Waals surface area contributed by atoms with Gasteiger partial charge in [0.1, 0.15) is 0 Å². The lowest BCUT2D eigenvalue weighted by Gasteiger charge is -2.13. The maximum atomic E-state index is 4.02. The molecule has 0 saturated carbocycles. The first-order valence-electron chi connectivity index (χ1n) is 4.59. The van der Waals surface area contributed by atoms with Gasteiger partial charge >= 0.3 is 0 Å². The monoisotopic (exact) mass is 199 g/mol. The topological polar surface area (TPSA) is 28.2 Å². The first kappa shape index (κ1) is 10.6. The minimum Gasteiger partial charge on any atom is -0.311 e. The zero-order valence-corrected chi connectivity index (χ0v) is 9.10. The molecule has 0 aliphatic carbocycles. The number of thiazole rings is 1. The normalized spacial score (nSPS) is 11.0. The van der Waals surface area contributed by atoms with Gasteiger partial charge < -0.3 is 10.2 Å². The lowest BCUT2D eigenvalue weighted by atomic mass is 10.5. The molecule has 0 unspecified atom stereocenters. The zero-order valence-electron chi connectivity index (χ0n) is 8.29. The van der Waals surface area contributed by atoms with Crippen molar-refractivity contribution in [2.24, 2.45) is 0 Å². The van der Waals surface area contributed by atoms with Gasteiger partial charge in [0.25, 0.3) is 0 Å². The number of hydrogen-bond donors (Lipinski definition) is 1. The van der Waals surface area contributed by atoms with Crippen LogP contribution in [-0.2, 0) is 6.54 Å². The fraction of sp³-hybridized carbons (Fsp3) is 0.667. The van der Waals surface area contributed by atoms with Gasteiger partial charge in [0.15, 0.2) is 0 Å². The summed E-state index contributed by atoms with van der Waals surface area (Å²) in [6.07, 6.45) is 1.92. The Morgan fingerprint density at radius 1 is 1.62 bits per heavy atom. The third kappa shape index (κ3) is 4.36. The van der Waals surface area contributed by atoms with Crippen molar-refractivity contribution < 1.29 is 0 Å². The fourth-order valence-corrected chi connectivity index (χ4v) is 1.53. The van der Waals surface area contributed by atoms with Gasteiger partial charge in [-0.15, -0.1) is 11.3 Å². The average molecular weight is 199 g/mol. The zero-order chi connectivity index (χ0) is 9.52. The van der Waals surface area contributed by atoms with Crippen LogP contribution in [0.3, 0.4) is 0 Å². The summed E-state index contributed by atoms with van der Waals surface area (Å²) in [5.41, 5.74) is 1.87. The summed E-state index contributed by atoms with van der Waals surface area (Å²) in [6, 6.07) is 0. The van der Waals surface area contributed by atoms with Crippen molar-refractivity contribution in [3.63, 3.8) is 0 Å². The number of nitrogens with zero attached hydrogens (tertiary/aromatic N) is 2. The van der Waals surface area contributed by atoms with Crippen LogP contribution in [0.25, 0.3) is 0 Å². The standard InChI is InChI=1S/C9H17N3S/c1-3-12(2)5-4-10-6-9-7-11-8-13-9/h7-8,10H,3-6H2,1-2H3. The third-order valence-electron chi connectivity index (χ3n) is 1.99. The van der Waals surface area contributed by atoms with Crippen molar-refractivity contribution >= 4 is 11.3 Å². The Kier molecular flexibility index (Phi) is 4.97.